The molecule has 6 rings (SSSR count). The predicted octanol–water partition coefficient (Wildman–Crippen LogP) is 16.3. The van der Waals surface area contributed by atoms with E-state index in [0.717, 1.165) is 0 Å². The van der Waals surface area contributed by atoms with E-state index in [9.17, 15) is 0 Å². The highest BCUT2D eigenvalue weighted by atomic mass is 14.4. The molecular weight excluding hydrogens is 649 g/mol. The Bertz CT molecular complexity index is 2160. The van der Waals surface area contributed by atoms with Crippen LogP contribution >= 0.6 is 0 Å². The number of rotatable bonds is 2. The SMILES string of the molecule is CC(C)(C)c1cc(C(C)(C)C)c(-c2c3ccccc3c(-c3c(C(C)(C)C)cc(C(C)(C)C)cc3C(C)(C)C)c3cc4ccccc4cc23)c(C(C)(C)C)c1. The zero-order valence-corrected chi connectivity index (χ0v) is 37.1. The topological polar surface area (TPSA) is 0 Å². The van der Waals surface area contributed by atoms with Crippen LogP contribution in [0, 0.1) is 0 Å². The first-order chi connectivity index (χ1) is 24.6. The van der Waals surface area contributed by atoms with E-state index in [0.29, 0.717) is 0 Å². The third-order valence-electron chi connectivity index (χ3n) is 11.6. The van der Waals surface area contributed by atoms with Gasteiger partial charge in [0.25, 0.3) is 0 Å². The molecule has 6 aromatic rings. The molecule has 0 bridgehead atoms. The summed E-state index contributed by atoms with van der Waals surface area (Å²) >= 11 is 0. The smallest absolute Gasteiger partial charge is 0.00202 e. The molecule has 0 heteroatoms. The van der Waals surface area contributed by atoms with Gasteiger partial charge in [-0.2, -0.15) is 0 Å². The molecule has 0 amide bonds. The molecule has 0 aromatic heterocycles. The van der Waals surface area contributed by atoms with Gasteiger partial charge in [-0.1, -0.05) is 197 Å². The van der Waals surface area contributed by atoms with Crippen molar-refractivity contribution in [2.75, 3.05) is 0 Å². The molecule has 0 aliphatic heterocycles. The Kier molecular flexibility index (Phi) is 9.45. The Balaban J connectivity index is 1.99. The van der Waals surface area contributed by atoms with Crippen LogP contribution in [0.2, 0.25) is 0 Å². The highest BCUT2D eigenvalue weighted by molar-refractivity contribution is 6.24. The van der Waals surface area contributed by atoms with Crippen molar-refractivity contribution < 1.29 is 0 Å². The van der Waals surface area contributed by atoms with Gasteiger partial charge in [-0.15, -0.1) is 0 Å². The van der Waals surface area contributed by atoms with Gasteiger partial charge in [0.2, 0.25) is 0 Å². The molecule has 0 saturated heterocycles. The maximum atomic E-state index is 2.54. The van der Waals surface area contributed by atoms with Crippen LogP contribution in [0.15, 0.2) is 84.9 Å². The highest BCUT2D eigenvalue weighted by Crippen LogP contribution is 2.53. The lowest BCUT2D eigenvalue weighted by Gasteiger charge is -2.36. The molecule has 0 N–H and O–H groups in total. The first-order valence-corrected chi connectivity index (χ1v) is 20.4. The monoisotopic (exact) mass is 717 g/mol. The molecule has 0 nitrogen and oxygen atoms in total. The number of benzene rings is 6. The molecule has 54 heavy (non-hydrogen) atoms. The van der Waals surface area contributed by atoms with Crippen LogP contribution < -0.4 is 0 Å². The highest BCUT2D eigenvalue weighted by Gasteiger charge is 2.35. The third-order valence-corrected chi connectivity index (χ3v) is 11.6. The molecule has 0 heterocycles. The quantitative estimate of drug-likeness (QED) is 0.157. The van der Waals surface area contributed by atoms with E-state index in [1.165, 1.54) is 88.0 Å². The zero-order valence-electron chi connectivity index (χ0n) is 37.1. The minimum atomic E-state index is -0.0822. The molecule has 0 saturated carbocycles. The fraction of sp³-hybridized carbons (Fsp3) is 0.444. The fourth-order valence-corrected chi connectivity index (χ4v) is 8.46. The molecule has 6 aromatic carbocycles. The van der Waals surface area contributed by atoms with Gasteiger partial charge in [0.05, 0.1) is 0 Å². The van der Waals surface area contributed by atoms with E-state index in [2.05, 4.69) is 210 Å². The molecule has 0 aliphatic carbocycles. The molecule has 0 radical (unpaired) electrons. The van der Waals surface area contributed by atoms with Gasteiger partial charge in [0.15, 0.2) is 0 Å². The maximum Gasteiger partial charge on any atom is -0.00202 e. The lowest BCUT2D eigenvalue weighted by molar-refractivity contribution is 0.550. The van der Waals surface area contributed by atoms with Gasteiger partial charge in [-0.05, 0) is 133 Å². The molecule has 0 spiro atoms. The summed E-state index contributed by atoms with van der Waals surface area (Å²) in [6.45, 7) is 43.0. The average molecular weight is 717 g/mol. The summed E-state index contributed by atoms with van der Waals surface area (Å²) in [5.41, 5.74) is 13.8. The van der Waals surface area contributed by atoms with Crippen LogP contribution in [0.4, 0.5) is 0 Å². The van der Waals surface area contributed by atoms with Gasteiger partial charge >= 0.3 is 0 Å². The second-order valence-electron chi connectivity index (χ2n) is 22.4. The van der Waals surface area contributed by atoms with Crippen molar-refractivity contribution in [1.82, 2.24) is 0 Å². The normalized spacial score (nSPS) is 13.7. The Morgan fingerprint density at radius 2 is 0.519 bits per heavy atom. The minimum absolute atomic E-state index is 0.0225. The van der Waals surface area contributed by atoms with Crippen molar-refractivity contribution in [2.45, 2.75) is 157 Å². The van der Waals surface area contributed by atoms with Gasteiger partial charge in [0.1, 0.15) is 0 Å². The Labute approximate surface area is 328 Å². The summed E-state index contributed by atoms with van der Waals surface area (Å²) in [4.78, 5) is 0. The Morgan fingerprint density at radius 1 is 0.259 bits per heavy atom. The summed E-state index contributed by atoms with van der Waals surface area (Å²) in [6.07, 6.45) is 0. The summed E-state index contributed by atoms with van der Waals surface area (Å²) in [5.74, 6) is 0. The van der Waals surface area contributed by atoms with Gasteiger partial charge in [-0.25, -0.2) is 0 Å². The fourth-order valence-electron chi connectivity index (χ4n) is 8.46. The second kappa shape index (κ2) is 12.8. The van der Waals surface area contributed by atoms with Crippen molar-refractivity contribution in [1.29, 1.82) is 0 Å². The van der Waals surface area contributed by atoms with E-state index in [1.54, 1.807) is 0 Å². The largest absolute Gasteiger partial charge is 0.0616 e. The number of fused-ring (bicyclic) bond motifs is 3. The number of hydrogen-bond acceptors (Lipinski definition) is 0. The first kappa shape index (κ1) is 39.8. The lowest BCUT2D eigenvalue weighted by Crippen LogP contribution is -2.23. The zero-order chi connectivity index (χ0) is 40.1. The van der Waals surface area contributed by atoms with Crippen molar-refractivity contribution in [3.8, 4) is 22.3 Å². The lowest BCUT2D eigenvalue weighted by atomic mass is 9.68. The predicted molar refractivity (Wildman–Crippen MR) is 242 cm³/mol. The Hall–Kier alpha value is -3.90. The third kappa shape index (κ3) is 7.16. The summed E-state index contributed by atoms with van der Waals surface area (Å²) in [7, 11) is 0. The van der Waals surface area contributed by atoms with E-state index in [-0.39, 0.29) is 32.5 Å². The van der Waals surface area contributed by atoms with Crippen molar-refractivity contribution in [3.05, 3.63) is 118 Å². The maximum absolute atomic E-state index is 2.54. The second-order valence-corrected chi connectivity index (χ2v) is 22.4. The summed E-state index contributed by atoms with van der Waals surface area (Å²) in [5, 5.41) is 7.89. The summed E-state index contributed by atoms with van der Waals surface area (Å²) in [6, 6.07) is 33.5. The van der Waals surface area contributed by atoms with Crippen molar-refractivity contribution in [2.24, 2.45) is 0 Å². The summed E-state index contributed by atoms with van der Waals surface area (Å²) < 4.78 is 0. The van der Waals surface area contributed by atoms with Crippen LogP contribution in [0.5, 0.6) is 0 Å². The van der Waals surface area contributed by atoms with Crippen molar-refractivity contribution in [3.63, 3.8) is 0 Å². The molecule has 284 valence electrons. The van der Waals surface area contributed by atoms with Gasteiger partial charge < -0.3 is 0 Å². The molecule has 0 fully saturated rings. The average Bonchev–Trinajstić information content (AvgIpc) is 3.02. The van der Waals surface area contributed by atoms with E-state index >= 15 is 0 Å². The standard InChI is InChI=1S/C54H68/c1-49(2,3)35-29-41(51(7,8)9)47(42(30-35)52(10,11)12)45-37-25-21-22-26-38(37)46(40-28-34-24-20-19-23-33(34)27-39(40)45)48-43(53(13,14)15)31-36(50(4,5)6)32-44(48)54(16,17)18/h19-32H,1-18H3. The van der Waals surface area contributed by atoms with Crippen LogP contribution in [0.1, 0.15) is 158 Å². The molecular formula is C54H68. The van der Waals surface area contributed by atoms with Crippen LogP contribution in [-0.2, 0) is 32.5 Å². The van der Waals surface area contributed by atoms with Crippen LogP contribution in [0.3, 0.4) is 0 Å². The van der Waals surface area contributed by atoms with E-state index in [1.807, 2.05) is 0 Å². The van der Waals surface area contributed by atoms with Crippen LogP contribution in [-0.4, -0.2) is 0 Å². The van der Waals surface area contributed by atoms with E-state index < -0.39 is 0 Å². The Morgan fingerprint density at radius 3 is 0.759 bits per heavy atom. The van der Waals surface area contributed by atoms with Gasteiger partial charge in [-0.3, -0.25) is 0 Å². The first-order valence-electron chi connectivity index (χ1n) is 20.4. The van der Waals surface area contributed by atoms with Gasteiger partial charge in [0, 0.05) is 0 Å². The molecule has 0 atom stereocenters. The minimum Gasteiger partial charge on any atom is -0.0616 e. The molecule has 0 aliphatic rings. The molecule has 0 unspecified atom stereocenters. The van der Waals surface area contributed by atoms with Crippen LogP contribution in [0.25, 0.3) is 54.6 Å². The van der Waals surface area contributed by atoms with E-state index in [4.69, 9.17) is 0 Å². The van der Waals surface area contributed by atoms with Crippen molar-refractivity contribution >= 4 is 32.3 Å². The number of hydrogen-bond donors (Lipinski definition) is 0.